The Morgan fingerprint density at radius 1 is 1.45 bits per heavy atom. The van der Waals surface area contributed by atoms with Gasteiger partial charge in [0.2, 0.25) is 0 Å². The van der Waals surface area contributed by atoms with Gasteiger partial charge >= 0.3 is 11.9 Å². The molecule has 1 aromatic rings. The summed E-state index contributed by atoms with van der Waals surface area (Å²) in [5, 5.41) is 12.7. The Kier molecular flexibility index (Phi) is 4.57. The first-order chi connectivity index (χ1) is 10.5. The molecule has 2 rings (SSSR count). The highest BCUT2D eigenvalue weighted by Gasteiger charge is 2.57. The summed E-state index contributed by atoms with van der Waals surface area (Å²) in [5.74, 6) is -1.88. The summed E-state index contributed by atoms with van der Waals surface area (Å²) >= 11 is 0. The molecular formula is C15H15NO6. The maximum Gasteiger partial charge on any atom is 0.360 e. The summed E-state index contributed by atoms with van der Waals surface area (Å²) in [4.78, 5) is 34.5. The van der Waals surface area contributed by atoms with Crippen molar-refractivity contribution in [3.05, 3.63) is 47.7 Å². The lowest BCUT2D eigenvalue weighted by Gasteiger charge is -2.30. The third kappa shape index (κ3) is 2.71. The molecule has 2 atom stereocenters. The lowest BCUT2D eigenvalue weighted by atomic mass is 9.93. The van der Waals surface area contributed by atoms with Crippen molar-refractivity contribution in [3.63, 3.8) is 0 Å². The highest BCUT2D eigenvalue weighted by atomic mass is 16.6. The Morgan fingerprint density at radius 2 is 2.14 bits per heavy atom. The molecule has 0 radical (unpaired) electrons. The maximum absolute atomic E-state index is 12.0. The maximum atomic E-state index is 12.0. The number of hydrogen-bond acceptors (Lipinski definition) is 7. The van der Waals surface area contributed by atoms with Crippen molar-refractivity contribution in [1.82, 2.24) is 5.32 Å². The molecule has 1 aliphatic rings. The van der Waals surface area contributed by atoms with Gasteiger partial charge in [-0.2, -0.15) is 0 Å². The van der Waals surface area contributed by atoms with E-state index in [0.29, 0.717) is 0 Å². The van der Waals surface area contributed by atoms with Gasteiger partial charge in [-0.15, -0.1) is 0 Å². The van der Waals surface area contributed by atoms with E-state index >= 15 is 0 Å². The second-order valence-electron chi connectivity index (χ2n) is 4.63. The smallest absolute Gasteiger partial charge is 0.360 e. The fraction of sp³-hybridized carbons (Fsp3) is 0.267. The number of esters is 2. The van der Waals surface area contributed by atoms with Gasteiger partial charge < -0.3 is 24.7 Å². The second-order valence-corrected chi connectivity index (χ2v) is 4.63. The van der Waals surface area contributed by atoms with Gasteiger partial charge in [-0.3, -0.25) is 0 Å². The molecule has 22 heavy (non-hydrogen) atoms. The molecule has 116 valence electrons. The normalized spacial score (nSPS) is 21.5. The van der Waals surface area contributed by atoms with Crippen LogP contribution in [-0.4, -0.2) is 42.1 Å². The van der Waals surface area contributed by atoms with Crippen LogP contribution in [0.2, 0.25) is 0 Å². The zero-order chi connectivity index (χ0) is 16.2. The fourth-order valence-electron chi connectivity index (χ4n) is 2.18. The van der Waals surface area contributed by atoms with Crippen LogP contribution in [0, 0.1) is 0 Å². The zero-order valence-corrected chi connectivity index (χ0v) is 11.8. The molecule has 0 bridgehead atoms. The van der Waals surface area contributed by atoms with Crippen molar-refractivity contribution < 1.29 is 29.0 Å². The molecule has 7 heteroatoms. The van der Waals surface area contributed by atoms with Gasteiger partial charge in [0.25, 0.3) is 5.60 Å². The van der Waals surface area contributed by atoms with Crippen LogP contribution in [0.3, 0.4) is 0 Å². The second kappa shape index (κ2) is 6.40. The van der Waals surface area contributed by atoms with Gasteiger partial charge in [0.1, 0.15) is 0 Å². The van der Waals surface area contributed by atoms with Gasteiger partial charge in [0.05, 0.1) is 12.8 Å². The number of benzene rings is 1. The molecule has 1 aromatic carbocycles. The predicted molar refractivity (Wildman–Crippen MR) is 74.3 cm³/mol. The fourth-order valence-corrected chi connectivity index (χ4v) is 2.18. The number of carbonyl (C=O) groups excluding carboxylic acids is 3. The van der Waals surface area contributed by atoms with E-state index in [9.17, 15) is 19.5 Å². The molecule has 2 unspecified atom stereocenters. The van der Waals surface area contributed by atoms with E-state index in [1.54, 1.807) is 0 Å². The van der Waals surface area contributed by atoms with Crippen LogP contribution in [0.25, 0.3) is 0 Å². The Bertz CT molecular complexity index is 612. The van der Waals surface area contributed by atoms with Crippen LogP contribution < -0.4 is 5.32 Å². The van der Waals surface area contributed by atoms with E-state index in [0.717, 1.165) is 18.7 Å². The predicted octanol–water partition coefficient (Wildman–Crippen LogP) is -0.312. The van der Waals surface area contributed by atoms with E-state index in [1.807, 2.05) is 30.3 Å². The SMILES string of the molecule is COC(=O)C1(C(O)C=O)OC(=O)C=C1NCc1ccccc1. The van der Waals surface area contributed by atoms with E-state index in [4.69, 9.17) is 4.74 Å². The van der Waals surface area contributed by atoms with Crippen LogP contribution in [-0.2, 0) is 30.4 Å². The van der Waals surface area contributed by atoms with E-state index in [1.165, 1.54) is 0 Å². The first kappa shape index (κ1) is 15.7. The average Bonchev–Trinajstić information content (AvgIpc) is 2.89. The van der Waals surface area contributed by atoms with E-state index < -0.39 is 23.6 Å². The van der Waals surface area contributed by atoms with Crippen LogP contribution >= 0.6 is 0 Å². The monoisotopic (exact) mass is 305 g/mol. The van der Waals surface area contributed by atoms with Crippen LogP contribution in [0.1, 0.15) is 5.56 Å². The number of nitrogens with one attached hydrogen (secondary N) is 1. The molecule has 1 aliphatic heterocycles. The van der Waals surface area contributed by atoms with Gasteiger partial charge in [0, 0.05) is 12.6 Å². The summed E-state index contributed by atoms with van der Waals surface area (Å²) in [6.45, 7) is 0.271. The third-order valence-electron chi connectivity index (χ3n) is 3.28. The average molecular weight is 305 g/mol. The number of cyclic esters (lactones) is 1. The number of ether oxygens (including phenoxy) is 2. The molecule has 2 N–H and O–H groups in total. The highest BCUT2D eigenvalue weighted by molar-refractivity contribution is 5.98. The van der Waals surface area contributed by atoms with Crippen molar-refractivity contribution in [3.8, 4) is 0 Å². The Morgan fingerprint density at radius 3 is 2.73 bits per heavy atom. The molecule has 0 spiro atoms. The number of carbonyl (C=O) groups is 3. The third-order valence-corrected chi connectivity index (χ3v) is 3.28. The quantitative estimate of drug-likeness (QED) is 0.549. The number of aliphatic hydroxyl groups excluding tert-OH is 1. The van der Waals surface area contributed by atoms with Crippen molar-refractivity contribution in [2.24, 2.45) is 0 Å². The first-order valence-electron chi connectivity index (χ1n) is 6.49. The van der Waals surface area contributed by atoms with Gasteiger partial charge in [-0.25, -0.2) is 9.59 Å². The summed E-state index contributed by atoms with van der Waals surface area (Å²) < 4.78 is 9.48. The number of methoxy groups -OCH3 is 1. The molecule has 7 nitrogen and oxygen atoms in total. The molecule has 0 saturated heterocycles. The number of aliphatic hydroxyl groups is 1. The molecule has 0 fully saturated rings. The molecule has 0 amide bonds. The largest absolute Gasteiger partial charge is 0.466 e. The Labute approximate surface area is 126 Å². The lowest BCUT2D eigenvalue weighted by molar-refractivity contribution is -0.181. The number of hydrogen-bond donors (Lipinski definition) is 2. The van der Waals surface area contributed by atoms with Crippen molar-refractivity contribution in [2.75, 3.05) is 7.11 Å². The van der Waals surface area contributed by atoms with E-state index in [2.05, 4.69) is 10.1 Å². The minimum Gasteiger partial charge on any atom is -0.466 e. The standard InChI is InChI=1S/C15H15NO6/c1-21-14(20)15(12(18)9-17)11(7-13(19)22-15)16-8-10-5-3-2-4-6-10/h2-7,9,12,16,18H,8H2,1H3. The summed E-state index contributed by atoms with van der Waals surface area (Å²) in [6.07, 6.45) is -0.735. The van der Waals surface area contributed by atoms with Crippen molar-refractivity contribution in [2.45, 2.75) is 18.2 Å². The molecule has 0 aliphatic carbocycles. The lowest BCUT2D eigenvalue weighted by Crippen LogP contribution is -2.55. The number of rotatable bonds is 6. The number of aldehydes is 1. The minimum atomic E-state index is -2.19. The van der Waals surface area contributed by atoms with Crippen molar-refractivity contribution in [1.29, 1.82) is 0 Å². The highest BCUT2D eigenvalue weighted by Crippen LogP contribution is 2.31. The van der Waals surface area contributed by atoms with Gasteiger partial charge in [-0.05, 0) is 5.56 Å². The molecule has 0 aromatic heterocycles. The summed E-state index contributed by atoms with van der Waals surface area (Å²) in [6, 6.07) is 9.17. The summed E-state index contributed by atoms with van der Waals surface area (Å²) in [5.41, 5.74) is -1.34. The topological polar surface area (TPSA) is 102 Å². The van der Waals surface area contributed by atoms with Crippen LogP contribution in [0.15, 0.2) is 42.1 Å². The Balaban J connectivity index is 2.29. The van der Waals surface area contributed by atoms with Crippen molar-refractivity contribution >= 4 is 18.2 Å². The molecule has 0 saturated carbocycles. The van der Waals surface area contributed by atoms with Crippen LogP contribution in [0.4, 0.5) is 0 Å². The van der Waals surface area contributed by atoms with E-state index in [-0.39, 0.29) is 18.5 Å². The summed E-state index contributed by atoms with van der Waals surface area (Å²) in [7, 11) is 1.07. The van der Waals surface area contributed by atoms with Crippen LogP contribution in [0.5, 0.6) is 0 Å². The molecular weight excluding hydrogens is 290 g/mol. The first-order valence-corrected chi connectivity index (χ1v) is 6.49. The van der Waals surface area contributed by atoms with Gasteiger partial charge in [0.15, 0.2) is 12.4 Å². The Hall–Kier alpha value is -2.67. The molecule has 1 heterocycles. The zero-order valence-electron chi connectivity index (χ0n) is 11.8. The minimum absolute atomic E-state index is 0.0206. The van der Waals surface area contributed by atoms with Gasteiger partial charge in [-0.1, -0.05) is 30.3 Å².